The van der Waals surface area contributed by atoms with Crippen molar-refractivity contribution in [1.82, 2.24) is 0 Å². The van der Waals surface area contributed by atoms with Crippen LogP contribution < -0.4 is 9.88 Å². The van der Waals surface area contributed by atoms with Crippen LogP contribution in [0.1, 0.15) is 26.3 Å². The highest BCUT2D eigenvalue weighted by atomic mass is 32.2. The van der Waals surface area contributed by atoms with Crippen LogP contribution in [0.4, 0.5) is 0 Å². The van der Waals surface area contributed by atoms with E-state index in [-0.39, 0.29) is 22.8 Å². The highest BCUT2D eigenvalue weighted by molar-refractivity contribution is 7.89. The number of carbonyl (C=O) groups is 2. The van der Waals surface area contributed by atoms with Crippen molar-refractivity contribution in [2.24, 2.45) is 5.14 Å². The number of hydrogen-bond acceptors (Lipinski definition) is 7. The quantitative estimate of drug-likeness (QED) is 0.754. The molecule has 0 saturated carbocycles. The maximum atomic E-state index is 12.3. The molecular weight excluding hydrogens is 362 g/mol. The molecule has 0 fully saturated rings. The first-order valence-corrected chi connectivity index (χ1v) is 8.86. The number of sulfonamides is 1. The lowest BCUT2D eigenvalue weighted by molar-refractivity contribution is 0.0468. The molecule has 8 nitrogen and oxygen atoms in total. The standard InChI is InChI=1S/C17H17NO7S/c1-23-15-7-6-13(26(18,21)22)9-14(15)17(20)25-10-11-4-3-5-12(8-11)16(19)24-2/h3-9H,10H2,1-2H3,(H2,18,21,22). The molecule has 0 radical (unpaired) electrons. The summed E-state index contributed by atoms with van der Waals surface area (Å²) in [7, 11) is -1.38. The second kappa shape index (κ2) is 7.98. The molecule has 0 aromatic heterocycles. The molecule has 0 spiro atoms. The molecule has 0 atom stereocenters. The largest absolute Gasteiger partial charge is 0.496 e. The first kappa shape index (κ1) is 19.4. The van der Waals surface area contributed by atoms with Gasteiger partial charge in [-0.25, -0.2) is 23.1 Å². The molecular formula is C17H17NO7S. The normalized spacial score (nSPS) is 10.9. The molecule has 2 N–H and O–H groups in total. The second-order valence-corrected chi connectivity index (χ2v) is 6.74. The van der Waals surface area contributed by atoms with Crippen molar-refractivity contribution < 1.29 is 32.2 Å². The Morgan fingerprint density at radius 3 is 2.38 bits per heavy atom. The van der Waals surface area contributed by atoms with Crippen LogP contribution in [0.5, 0.6) is 5.75 Å². The Bertz CT molecular complexity index is 938. The maximum absolute atomic E-state index is 12.3. The molecule has 0 saturated heterocycles. The van der Waals surface area contributed by atoms with E-state index in [4.69, 9.17) is 14.6 Å². The van der Waals surface area contributed by atoms with Gasteiger partial charge in [0, 0.05) is 0 Å². The van der Waals surface area contributed by atoms with Crippen molar-refractivity contribution >= 4 is 22.0 Å². The summed E-state index contributed by atoms with van der Waals surface area (Å²) in [5, 5.41) is 5.08. The summed E-state index contributed by atoms with van der Waals surface area (Å²) in [5.41, 5.74) is 0.792. The summed E-state index contributed by atoms with van der Waals surface area (Å²) in [6.07, 6.45) is 0. The van der Waals surface area contributed by atoms with Gasteiger partial charge in [-0.1, -0.05) is 12.1 Å². The summed E-state index contributed by atoms with van der Waals surface area (Å²) in [5.74, 6) is -1.16. The lowest BCUT2D eigenvalue weighted by Crippen LogP contribution is -2.14. The Morgan fingerprint density at radius 2 is 1.77 bits per heavy atom. The lowest BCUT2D eigenvalue weighted by atomic mass is 10.1. The van der Waals surface area contributed by atoms with E-state index in [0.29, 0.717) is 11.1 Å². The molecule has 2 rings (SSSR count). The summed E-state index contributed by atoms with van der Waals surface area (Å²) in [6, 6.07) is 10.0. The summed E-state index contributed by atoms with van der Waals surface area (Å²) < 4.78 is 37.8. The Labute approximate surface area is 150 Å². The van der Waals surface area contributed by atoms with Gasteiger partial charge in [0.15, 0.2) is 0 Å². The minimum atomic E-state index is -3.98. The van der Waals surface area contributed by atoms with Crippen molar-refractivity contribution in [3.05, 3.63) is 59.2 Å². The molecule has 26 heavy (non-hydrogen) atoms. The van der Waals surface area contributed by atoms with E-state index in [9.17, 15) is 18.0 Å². The number of primary sulfonamides is 1. The number of rotatable bonds is 6. The molecule has 0 aliphatic rings. The van der Waals surface area contributed by atoms with E-state index < -0.39 is 22.0 Å². The van der Waals surface area contributed by atoms with Gasteiger partial charge in [-0.2, -0.15) is 0 Å². The number of benzene rings is 2. The van der Waals surface area contributed by atoms with Crippen LogP contribution in [-0.4, -0.2) is 34.6 Å². The van der Waals surface area contributed by atoms with Crippen LogP contribution in [0.15, 0.2) is 47.4 Å². The van der Waals surface area contributed by atoms with Gasteiger partial charge in [0.1, 0.15) is 17.9 Å². The number of ether oxygens (including phenoxy) is 3. The minimum Gasteiger partial charge on any atom is -0.496 e. The molecule has 2 aromatic carbocycles. The average Bonchev–Trinajstić information content (AvgIpc) is 2.64. The molecule has 2 aromatic rings. The van der Waals surface area contributed by atoms with Crippen LogP contribution >= 0.6 is 0 Å². The number of esters is 2. The molecule has 0 aliphatic heterocycles. The molecule has 138 valence electrons. The highest BCUT2D eigenvalue weighted by Crippen LogP contribution is 2.23. The monoisotopic (exact) mass is 379 g/mol. The van der Waals surface area contributed by atoms with Gasteiger partial charge in [-0.05, 0) is 35.9 Å². The third-order valence-electron chi connectivity index (χ3n) is 3.44. The Balaban J connectivity index is 2.21. The number of nitrogens with two attached hydrogens (primary N) is 1. The van der Waals surface area contributed by atoms with Crippen LogP contribution in [0.3, 0.4) is 0 Å². The summed E-state index contributed by atoms with van der Waals surface area (Å²) >= 11 is 0. The molecule has 0 unspecified atom stereocenters. The van der Waals surface area contributed by atoms with Gasteiger partial charge in [-0.15, -0.1) is 0 Å². The molecule has 0 bridgehead atoms. The van der Waals surface area contributed by atoms with Gasteiger partial charge in [0.05, 0.1) is 24.7 Å². The van der Waals surface area contributed by atoms with Crippen LogP contribution in [-0.2, 0) is 26.1 Å². The average molecular weight is 379 g/mol. The second-order valence-electron chi connectivity index (χ2n) is 5.18. The highest BCUT2D eigenvalue weighted by Gasteiger charge is 2.18. The van der Waals surface area contributed by atoms with Gasteiger partial charge >= 0.3 is 11.9 Å². The first-order valence-electron chi connectivity index (χ1n) is 7.31. The summed E-state index contributed by atoms with van der Waals surface area (Å²) in [6.45, 7) is -0.133. The zero-order valence-corrected chi connectivity index (χ0v) is 14.9. The number of hydrogen-bond donors (Lipinski definition) is 1. The molecule has 0 heterocycles. The van der Waals surface area contributed by atoms with Crippen molar-refractivity contribution in [1.29, 1.82) is 0 Å². The van der Waals surface area contributed by atoms with E-state index in [1.54, 1.807) is 18.2 Å². The van der Waals surface area contributed by atoms with E-state index in [2.05, 4.69) is 4.74 Å². The van der Waals surface area contributed by atoms with E-state index in [1.165, 1.54) is 32.4 Å². The van der Waals surface area contributed by atoms with Gasteiger partial charge in [0.25, 0.3) is 0 Å². The Morgan fingerprint density at radius 1 is 1.04 bits per heavy atom. The Kier molecular flexibility index (Phi) is 5.96. The van der Waals surface area contributed by atoms with Crippen LogP contribution in [0.2, 0.25) is 0 Å². The van der Waals surface area contributed by atoms with E-state index in [1.807, 2.05) is 0 Å². The topological polar surface area (TPSA) is 122 Å². The zero-order valence-electron chi connectivity index (χ0n) is 14.1. The third-order valence-corrected chi connectivity index (χ3v) is 4.35. The van der Waals surface area contributed by atoms with Crippen LogP contribution in [0.25, 0.3) is 0 Å². The predicted molar refractivity (Wildman–Crippen MR) is 91.3 cm³/mol. The van der Waals surface area contributed by atoms with Gasteiger partial charge in [0.2, 0.25) is 10.0 Å². The van der Waals surface area contributed by atoms with E-state index >= 15 is 0 Å². The van der Waals surface area contributed by atoms with Crippen molar-refractivity contribution in [2.75, 3.05) is 14.2 Å². The molecule has 0 aliphatic carbocycles. The van der Waals surface area contributed by atoms with E-state index in [0.717, 1.165) is 6.07 Å². The fraction of sp³-hybridized carbons (Fsp3) is 0.176. The predicted octanol–water partition coefficient (Wildman–Crippen LogP) is 1.49. The smallest absolute Gasteiger partial charge is 0.342 e. The molecule has 9 heteroatoms. The Hall–Kier alpha value is -2.91. The molecule has 0 amide bonds. The fourth-order valence-electron chi connectivity index (χ4n) is 2.16. The number of methoxy groups -OCH3 is 2. The maximum Gasteiger partial charge on any atom is 0.342 e. The van der Waals surface area contributed by atoms with Crippen LogP contribution in [0, 0.1) is 0 Å². The van der Waals surface area contributed by atoms with Crippen molar-refractivity contribution in [3.8, 4) is 5.75 Å². The fourth-order valence-corrected chi connectivity index (χ4v) is 2.70. The third kappa shape index (κ3) is 4.58. The lowest BCUT2D eigenvalue weighted by Gasteiger charge is -2.10. The SMILES string of the molecule is COC(=O)c1cccc(COC(=O)c2cc(S(N)(=O)=O)ccc2OC)c1. The first-order chi connectivity index (χ1) is 12.3. The minimum absolute atomic E-state index is 0.0804. The van der Waals surface area contributed by atoms with Gasteiger partial charge in [-0.3, -0.25) is 0 Å². The van der Waals surface area contributed by atoms with Gasteiger partial charge < -0.3 is 14.2 Å². The number of carbonyl (C=O) groups excluding carboxylic acids is 2. The zero-order chi connectivity index (χ0) is 19.3. The van der Waals surface area contributed by atoms with Crippen molar-refractivity contribution in [3.63, 3.8) is 0 Å². The summed E-state index contributed by atoms with van der Waals surface area (Å²) in [4.78, 5) is 23.6. The van der Waals surface area contributed by atoms with Crippen molar-refractivity contribution in [2.45, 2.75) is 11.5 Å².